The van der Waals surface area contributed by atoms with Gasteiger partial charge in [-0.3, -0.25) is 14.6 Å². The maximum absolute atomic E-state index is 14.0. The maximum atomic E-state index is 14.0. The molecule has 7 nitrogen and oxygen atoms in total. The van der Waals surface area contributed by atoms with Crippen LogP contribution in [0.25, 0.3) is 0 Å². The van der Waals surface area contributed by atoms with Crippen LogP contribution in [0.5, 0.6) is 0 Å². The molecule has 2 spiro atoms. The minimum atomic E-state index is -0.664. The second-order valence-electron chi connectivity index (χ2n) is 18.8. The molecule has 1 aliphatic heterocycles. The third kappa shape index (κ3) is 5.17. The van der Waals surface area contributed by atoms with Gasteiger partial charge in [-0.05, 0) is 121 Å². The molecule has 5 aliphatic carbocycles. The zero-order valence-electron chi connectivity index (χ0n) is 31.7. The van der Waals surface area contributed by atoms with Crippen LogP contribution in [0.3, 0.4) is 0 Å². The number of fused-ring (bicyclic) bond motifs is 4. The summed E-state index contributed by atoms with van der Waals surface area (Å²) in [7, 11) is 0. The summed E-state index contributed by atoms with van der Waals surface area (Å²) in [4.78, 5) is 31.7. The van der Waals surface area contributed by atoms with Crippen molar-refractivity contribution in [2.24, 2.45) is 50.7 Å². The van der Waals surface area contributed by atoms with Gasteiger partial charge in [0.05, 0.1) is 24.7 Å². The Bertz CT molecular complexity index is 1720. The smallest absolute Gasteiger partial charge is 0.310 e. The predicted octanol–water partition coefficient (Wildman–Crippen LogP) is 7.68. The van der Waals surface area contributed by atoms with Gasteiger partial charge in [0.25, 0.3) is 0 Å². The molecule has 0 bridgehead atoms. The number of hydrogen-bond acceptors (Lipinski definition) is 6. The molecule has 8 rings (SSSR count). The Kier molecular flexibility index (Phi) is 8.54. The van der Waals surface area contributed by atoms with E-state index in [1.165, 1.54) is 25.5 Å². The van der Waals surface area contributed by atoms with Crippen LogP contribution >= 0.6 is 0 Å². The van der Waals surface area contributed by atoms with Gasteiger partial charge >= 0.3 is 5.97 Å². The van der Waals surface area contributed by atoms with Crippen molar-refractivity contribution in [3.63, 3.8) is 0 Å². The summed E-state index contributed by atoms with van der Waals surface area (Å²) < 4.78 is 41.1. The fourth-order valence-electron chi connectivity index (χ4n) is 14.1. The lowest BCUT2D eigenvalue weighted by atomic mass is 9.41. The summed E-state index contributed by atoms with van der Waals surface area (Å²) >= 11 is 0. The minimum absolute atomic E-state index is 0.0953. The monoisotopic (exact) mass is 718 g/mol. The maximum Gasteiger partial charge on any atom is 0.310 e. The highest BCUT2D eigenvalue weighted by Gasteiger charge is 2.84. The van der Waals surface area contributed by atoms with Crippen LogP contribution in [-0.4, -0.2) is 57.8 Å². The molecule has 2 aromatic rings. The number of halogens is 2. The van der Waals surface area contributed by atoms with Crippen molar-refractivity contribution in [3.05, 3.63) is 65.5 Å². The number of aliphatic hydroxyl groups excluding tert-OH is 1. The number of pyridine rings is 1. The molecule has 6 fully saturated rings. The van der Waals surface area contributed by atoms with Crippen molar-refractivity contribution in [1.82, 2.24) is 9.88 Å². The van der Waals surface area contributed by atoms with E-state index in [4.69, 9.17) is 9.47 Å². The second kappa shape index (κ2) is 12.3. The molecule has 1 amide bonds. The van der Waals surface area contributed by atoms with E-state index >= 15 is 0 Å². The Labute approximate surface area is 307 Å². The van der Waals surface area contributed by atoms with Crippen molar-refractivity contribution < 1.29 is 33.0 Å². The molecule has 1 aromatic heterocycles. The van der Waals surface area contributed by atoms with E-state index in [1.807, 2.05) is 12.1 Å². The van der Waals surface area contributed by atoms with Crippen LogP contribution in [0.15, 0.2) is 42.7 Å². The lowest BCUT2D eigenvalue weighted by molar-refractivity contribution is -0.192. The molecule has 5 saturated carbocycles. The number of carbonyl (C=O) groups is 2. The number of hydrogen-bond donors (Lipinski definition) is 1. The number of amides is 1. The van der Waals surface area contributed by atoms with Crippen molar-refractivity contribution in [3.8, 4) is 0 Å². The number of esters is 1. The average Bonchev–Trinajstić information content (AvgIpc) is 3.70. The third-order valence-electron chi connectivity index (χ3n) is 16.3. The summed E-state index contributed by atoms with van der Waals surface area (Å²) in [5.41, 5.74) is 1.09. The first-order chi connectivity index (χ1) is 24.6. The van der Waals surface area contributed by atoms with Crippen molar-refractivity contribution in [1.29, 1.82) is 0 Å². The number of nitrogens with zero attached hydrogens (tertiary/aromatic N) is 2. The number of aromatic nitrogens is 1. The van der Waals surface area contributed by atoms with Gasteiger partial charge in [-0.2, -0.15) is 0 Å². The number of benzene rings is 1. The predicted molar refractivity (Wildman–Crippen MR) is 191 cm³/mol. The van der Waals surface area contributed by atoms with Gasteiger partial charge in [-0.25, -0.2) is 8.78 Å². The SMILES string of the molecule is CC(=O)N(Cc1cc(F)cc(F)c1)CC1C[C@@H](C)[C@H]2C(O1)[C@H](O)[C@@]1(C)C3CC[C@H]4C(C)(C)C(OC(=O)Cc5cccnc5)CCC45CC35CCC21C. The van der Waals surface area contributed by atoms with Crippen LogP contribution in [0.4, 0.5) is 8.78 Å². The molecule has 9 heteroatoms. The summed E-state index contributed by atoms with van der Waals surface area (Å²) in [6.07, 6.45) is 10.5. The van der Waals surface area contributed by atoms with Crippen LogP contribution < -0.4 is 0 Å². The fourth-order valence-corrected chi connectivity index (χ4v) is 14.1. The second-order valence-corrected chi connectivity index (χ2v) is 18.8. The molecular weight excluding hydrogens is 662 g/mol. The summed E-state index contributed by atoms with van der Waals surface area (Å²) in [6.45, 7) is 13.6. The van der Waals surface area contributed by atoms with Gasteiger partial charge < -0.3 is 19.5 Å². The Balaban J connectivity index is 1.00. The van der Waals surface area contributed by atoms with Gasteiger partial charge in [0, 0.05) is 49.3 Å². The van der Waals surface area contributed by atoms with E-state index in [0.29, 0.717) is 23.9 Å². The average molecular weight is 719 g/mol. The van der Waals surface area contributed by atoms with E-state index in [2.05, 4.69) is 39.6 Å². The lowest BCUT2D eigenvalue weighted by Gasteiger charge is -2.63. The number of carbonyl (C=O) groups excluding carboxylic acids is 2. The molecule has 0 radical (unpaired) electrons. The molecule has 1 N–H and O–H groups in total. The van der Waals surface area contributed by atoms with Gasteiger partial charge in [0.15, 0.2) is 0 Å². The highest BCUT2D eigenvalue weighted by Crippen LogP contribution is 2.89. The van der Waals surface area contributed by atoms with Gasteiger partial charge in [0.2, 0.25) is 5.91 Å². The van der Waals surface area contributed by atoms with Gasteiger partial charge in [0.1, 0.15) is 17.7 Å². The third-order valence-corrected chi connectivity index (χ3v) is 16.3. The zero-order chi connectivity index (χ0) is 37.0. The van der Waals surface area contributed by atoms with E-state index in [1.54, 1.807) is 17.3 Å². The number of ether oxygens (including phenoxy) is 2. The Morgan fingerprint density at radius 3 is 2.40 bits per heavy atom. The molecule has 12 atom stereocenters. The Morgan fingerprint density at radius 1 is 1.00 bits per heavy atom. The molecule has 1 saturated heterocycles. The first-order valence-corrected chi connectivity index (χ1v) is 19.7. The molecular formula is C43H56F2N2O5. The van der Waals surface area contributed by atoms with E-state index < -0.39 is 17.7 Å². The molecule has 2 heterocycles. The Morgan fingerprint density at radius 2 is 1.71 bits per heavy atom. The highest BCUT2D eigenvalue weighted by molar-refractivity contribution is 5.73. The van der Waals surface area contributed by atoms with Crippen molar-refractivity contribution in [2.75, 3.05) is 6.54 Å². The number of aliphatic hydroxyl groups is 1. The summed E-state index contributed by atoms with van der Waals surface area (Å²) in [6, 6.07) is 7.14. The summed E-state index contributed by atoms with van der Waals surface area (Å²) in [5, 5.41) is 12.6. The minimum Gasteiger partial charge on any atom is -0.462 e. The van der Waals surface area contributed by atoms with Crippen molar-refractivity contribution >= 4 is 11.9 Å². The van der Waals surface area contributed by atoms with Crippen molar-refractivity contribution in [2.45, 2.75) is 130 Å². The van der Waals surface area contributed by atoms with Crippen LogP contribution in [-0.2, 0) is 32.0 Å². The van der Waals surface area contributed by atoms with Gasteiger partial charge in [-0.15, -0.1) is 0 Å². The molecule has 7 unspecified atom stereocenters. The van der Waals surface area contributed by atoms with Crippen LogP contribution in [0.2, 0.25) is 0 Å². The first kappa shape index (κ1) is 36.1. The van der Waals surface area contributed by atoms with E-state index in [9.17, 15) is 23.5 Å². The fraction of sp³-hybridized carbons (Fsp3) is 0.698. The topological polar surface area (TPSA) is 89.0 Å². The molecule has 6 aliphatic rings. The molecule has 1 aromatic carbocycles. The Hall–Kier alpha value is -2.91. The highest BCUT2D eigenvalue weighted by atomic mass is 19.1. The van der Waals surface area contributed by atoms with Crippen LogP contribution in [0.1, 0.15) is 104 Å². The zero-order valence-corrected chi connectivity index (χ0v) is 31.7. The van der Waals surface area contributed by atoms with E-state index in [0.717, 1.165) is 56.6 Å². The largest absolute Gasteiger partial charge is 0.462 e. The summed E-state index contributed by atoms with van der Waals surface area (Å²) in [5.74, 6) is -0.378. The van der Waals surface area contributed by atoms with Crippen LogP contribution in [0, 0.1) is 62.4 Å². The first-order valence-electron chi connectivity index (χ1n) is 19.7. The quantitative estimate of drug-likeness (QED) is 0.296. The molecule has 282 valence electrons. The van der Waals surface area contributed by atoms with E-state index in [-0.39, 0.29) is 82.1 Å². The number of rotatable bonds is 7. The normalized spacial score (nSPS) is 42.5. The lowest BCUT2D eigenvalue weighted by Crippen LogP contribution is -2.60. The van der Waals surface area contributed by atoms with Gasteiger partial charge in [-0.1, -0.05) is 40.7 Å². The standard InChI is InChI=1S/C43H56F2N2O5/c1-25-16-31(23-47(26(2)48)22-28-17-29(44)20-30(45)18-28)51-37-36(25)40(5)13-14-43-24-42(43)12-11-34(52-35(49)19-27-8-7-15-46-21-27)39(3,4)32(42)9-10-33(43)41(40,6)38(37)50/h7-8,15,17-18,20-21,25,31-34,36-38,50H,9-14,16,19,22-24H2,1-6H3/t25-,31?,32+,33?,34?,36+,37?,38+,40?,41-,42?,43?/m1/s1. The molecule has 52 heavy (non-hydrogen) atoms.